The van der Waals surface area contributed by atoms with Gasteiger partial charge in [0.2, 0.25) is 0 Å². The van der Waals surface area contributed by atoms with Gasteiger partial charge in [0.05, 0.1) is 4.34 Å². The first-order chi connectivity index (χ1) is 8.65. The molecule has 0 aliphatic rings. The summed E-state index contributed by atoms with van der Waals surface area (Å²) in [7, 11) is 0. The second-order valence-electron chi connectivity index (χ2n) is 3.51. The summed E-state index contributed by atoms with van der Waals surface area (Å²) in [6.45, 7) is 0.400. The van der Waals surface area contributed by atoms with Crippen molar-refractivity contribution >= 4 is 34.0 Å². The topological polar surface area (TPSA) is 64.3 Å². The molecule has 6 heteroatoms. The Bertz CT molecular complexity index is 542. The fourth-order valence-electron chi connectivity index (χ4n) is 1.34. The average molecular weight is 283 g/mol. The maximum atomic E-state index is 11.5. The van der Waals surface area contributed by atoms with E-state index in [1.54, 1.807) is 0 Å². The number of halogens is 1. The third-order valence-corrected chi connectivity index (χ3v) is 3.25. The molecular formula is C12H11ClN2O2S. The molecule has 0 unspecified atom stereocenters. The molecule has 0 radical (unpaired) electrons. The minimum absolute atomic E-state index is 0.288. The zero-order chi connectivity index (χ0) is 13.0. The lowest BCUT2D eigenvalue weighted by atomic mass is 10.2. The summed E-state index contributed by atoms with van der Waals surface area (Å²) in [6, 6.07) is 11.1. The number of nitrogens with one attached hydrogen (secondary N) is 1. The number of benzene rings is 1. The SMILES string of the molecule is Nc1sc(Cl)cc1OC(=O)NCc1ccccc1. The van der Waals surface area contributed by atoms with Gasteiger partial charge in [-0.05, 0) is 5.56 Å². The van der Waals surface area contributed by atoms with E-state index in [-0.39, 0.29) is 5.75 Å². The zero-order valence-corrected chi connectivity index (χ0v) is 10.9. The Balaban J connectivity index is 1.88. The van der Waals surface area contributed by atoms with Crippen molar-refractivity contribution in [3.63, 3.8) is 0 Å². The summed E-state index contributed by atoms with van der Waals surface area (Å²) >= 11 is 6.91. The first kappa shape index (κ1) is 12.7. The molecule has 2 rings (SSSR count). The highest BCUT2D eigenvalue weighted by Crippen LogP contribution is 2.35. The van der Waals surface area contributed by atoms with Crippen molar-refractivity contribution in [1.29, 1.82) is 0 Å². The largest absolute Gasteiger partial charge is 0.412 e. The standard InChI is InChI=1S/C12H11ClN2O2S/c13-10-6-9(11(14)18-10)17-12(16)15-7-8-4-2-1-3-5-8/h1-6H,7,14H2,(H,15,16). The number of thiophene rings is 1. The molecule has 4 nitrogen and oxygen atoms in total. The third kappa shape index (κ3) is 3.38. The number of ether oxygens (including phenoxy) is 1. The summed E-state index contributed by atoms with van der Waals surface area (Å²) in [4.78, 5) is 11.5. The lowest BCUT2D eigenvalue weighted by molar-refractivity contribution is 0.200. The van der Waals surface area contributed by atoms with E-state index in [4.69, 9.17) is 22.1 Å². The normalized spacial score (nSPS) is 10.1. The molecule has 1 heterocycles. The predicted octanol–water partition coefficient (Wildman–Crippen LogP) is 3.27. The molecule has 0 saturated heterocycles. The van der Waals surface area contributed by atoms with Crippen LogP contribution in [0.3, 0.4) is 0 Å². The van der Waals surface area contributed by atoms with Gasteiger partial charge in [-0.3, -0.25) is 0 Å². The highest BCUT2D eigenvalue weighted by atomic mass is 35.5. The van der Waals surface area contributed by atoms with Crippen molar-refractivity contribution < 1.29 is 9.53 Å². The van der Waals surface area contributed by atoms with Crippen LogP contribution in [-0.4, -0.2) is 6.09 Å². The second-order valence-corrected chi connectivity index (χ2v) is 5.22. The summed E-state index contributed by atoms with van der Waals surface area (Å²) in [5.41, 5.74) is 6.62. The number of hydrogen-bond acceptors (Lipinski definition) is 4. The molecule has 0 fully saturated rings. The van der Waals surface area contributed by atoms with Gasteiger partial charge in [-0.2, -0.15) is 0 Å². The highest BCUT2D eigenvalue weighted by Gasteiger charge is 2.10. The summed E-state index contributed by atoms with van der Waals surface area (Å²) in [5, 5.41) is 3.01. The fourth-order valence-corrected chi connectivity index (χ4v) is 2.27. The van der Waals surface area contributed by atoms with Gasteiger partial charge in [-0.25, -0.2) is 4.79 Å². The summed E-state index contributed by atoms with van der Waals surface area (Å²) in [6.07, 6.45) is -0.556. The van der Waals surface area contributed by atoms with E-state index in [0.29, 0.717) is 15.9 Å². The summed E-state index contributed by atoms with van der Waals surface area (Å²) < 4.78 is 5.52. The van der Waals surface area contributed by atoms with Crippen LogP contribution in [0.2, 0.25) is 4.34 Å². The van der Waals surface area contributed by atoms with Gasteiger partial charge in [0.25, 0.3) is 0 Å². The lowest BCUT2D eigenvalue weighted by Crippen LogP contribution is -2.26. The van der Waals surface area contributed by atoms with Crippen molar-refractivity contribution in [1.82, 2.24) is 5.32 Å². The molecule has 1 aromatic carbocycles. The number of amides is 1. The van der Waals surface area contributed by atoms with Crippen LogP contribution in [0.5, 0.6) is 5.75 Å². The first-order valence-electron chi connectivity index (χ1n) is 5.19. The maximum absolute atomic E-state index is 11.5. The van der Waals surface area contributed by atoms with Gasteiger partial charge < -0.3 is 15.8 Å². The van der Waals surface area contributed by atoms with Gasteiger partial charge in [0.1, 0.15) is 5.00 Å². The van der Waals surface area contributed by atoms with Crippen LogP contribution in [0.15, 0.2) is 36.4 Å². The number of carbonyl (C=O) groups is 1. The molecule has 0 saturated carbocycles. The highest BCUT2D eigenvalue weighted by molar-refractivity contribution is 7.20. The van der Waals surface area contributed by atoms with Gasteiger partial charge >= 0.3 is 6.09 Å². The number of anilines is 1. The number of hydrogen-bond donors (Lipinski definition) is 2. The van der Waals surface area contributed by atoms with Gasteiger partial charge in [-0.1, -0.05) is 41.9 Å². The van der Waals surface area contributed by atoms with Crippen LogP contribution in [0.1, 0.15) is 5.56 Å². The Morgan fingerprint density at radius 2 is 2.11 bits per heavy atom. The van der Waals surface area contributed by atoms with E-state index >= 15 is 0 Å². The second kappa shape index (κ2) is 5.75. The lowest BCUT2D eigenvalue weighted by Gasteiger charge is -2.05. The van der Waals surface area contributed by atoms with E-state index in [2.05, 4.69) is 5.32 Å². The molecule has 0 aliphatic carbocycles. The minimum Gasteiger partial charge on any atom is -0.407 e. The van der Waals surface area contributed by atoms with Crippen LogP contribution >= 0.6 is 22.9 Å². The molecule has 18 heavy (non-hydrogen) atoms. The van der Waals surface area contributed by atoms with Crippen molar-refractivity contribution in [2.24, 2.45) is 0 Å². The molecule has 0 atom stereocenters. The molecular weight excluding hydrogens is 272 g/mol. The molecule has 0 spiro atoms. The van der Waals surface area contributed by atoms with Crippen molar-refractivity contribution in [2.75, 3.05) is 5.73 Å². The Kier molecular flexibility index (Phi) is 4.07. The Labute approximate surface area is 113 Å². The quantitative estimate of drug-likeness (QED) is 0.908. The van der Waals surface area contributed by atoms with Crippen LogP contribution < -0.4 is 15.8 Å². The molecule has 0 bridgehead atoms. The fraction of sp³-hybridized carbons (Fsp3) is 0.0833. The van der Waals surface area contributed by atoms with Crippen LogP contribution in [-0.2, 0) is 6.54 Å². The molecule has 0 aliphatic heterocycles. The van der Waals surface area contributed by atoms with Crippen LogP contribution in [0.4, 0.5) is 9.80 Å². The van der Waals surface area contributed by atoms with E-state index in [1.165, 1.54) is 6.07 Å². The Hall–Kier alpha value is -1.72. The van der Waals surface area contributed by atoms with Gasteiger partial charge in [0.15, 0.2) is 5.75 Å². The van der Waals surface area contributed by atoms with Gasteiger partial charge in [0, 0.05) is 12.6 Å². The first-order valence-corrected chi connectivity index (χ1v) is 6.39. The van der Waals surface area contributed by atoms with E-state index in [0.717, 1.165) is 16.9 Å². The van der Waals surface area contributed by atoms with Crippen molar-refractivity contribution in [3.8, 4) is 5.75 Å². The number of carbonyl (C=O) groups excluding carboxylic acids is 1. The Morgan fingerprint density at radius 3 is 2.72 bits per heavy atom. The monoisotopic (exact) mass is 282 g/mol. The molecule has 94 valence electrons. The molecule has 1 aromatic heterocycles. The summed E-state index contributed by atoms with van der Waals surface area (Å²) in [5.74, 6) is 0.288. The van der Waals surface area contributed by atoms with Crippen LogP contribution in [0.25, 0.3) is 0 Å². The van der Waals surface area contributed by atoms with Crippen molar-refractivity contribution in [2.45, 2.75) is 6.54 Å². The van der Waals surface area contributed by atoms with Crippen molar-refractivity contribution in [3.05, 3.63) is 46.3 Å². The smallest absolute Gasteiger partial charge is 0.407 e. The van der Waals surface area contributed by atoms with Crippen LogP contribution in [0, 0.1) is 0 Å². The molecule has 2 aromatic rings. The minimum atomic E-state index is -0.556. The predicted molar refractivity (Wildman–Crippen MR) is 73.0 cm³/mol. The number of rotatable bonds is 3. The number of nitrogens with two attached hydrogens (primary N) is 1. The maximum Gasteiger partial charge on any atom is 0.412 e. The molecule has 3 N–H and O–H groups in total. The van der Waals surface area contributed by atoms with Gasteiger partial charge in [-0.15, -0.1) is 11.3 Å². The van der Waals surface area contributed by atoms with E-state index in [1.807, 2.05) is 30.3 Å². The Morgan fingerprint density at radius 1 is 1.39 bits per heavy atom. The average Bonchev–Trinajstić information content (AvgIpc) is 2.67. The third-order valence-electron chi connectivity index (χ3n) is 2.18. The van der Waals surface area contributed by atoms with E-state index < -0.39 is 6.09 Å². The zero-order valence-electron chi connectivity index (χ0n) is 9.35. The van der Waals surface area contributed by atoms with E-state index in [9.17, 15) is 4.79 Å². The molecule has 1 amide bonds. The number of nitrogen functional groups attached to an aromatic ring is 1.